The van der Waals surface area contributed by atoms with Crippen LogP contribution in [0.15, 0.2) is 53.3 Å². The highest BCUT2D eigenvalue weighted by molar-refractivity contribution is 9.10. The van der Waals surface area contributed by atoms with Crippen LogP contribution in [0.2, 0.25) is 0 Å². The summed E-state index contributed by atoms with van der Waals surface area (Å²) in [6.07, 6.45) is 6.93. The van der Waals surface area contributed by atoms with Crippen molar-refractivity contribution in [2.24, 2.45) is 16.6 Å². The van der Waals surface area contributed by atoms with Gasteiger partial charge in [0, 0.05) is 33.9 Å². The number of fused-ring (bicyclic) bond motifs is 3. The second-order valence-corrected chi connectivity index (χ2v) is 9.99. The van der Waals surface area contributed by atoms with E-state index in [1.807, 2.05) is 56.0 Å². The fourth-order valence-electron chi connectivity index (χ4n) is 4.85. The average Bonchev–Trinajstić information content (AvgIpc) is 3.04. The van der Waals surface area contributed by atoms with Crippen LogP contribution in [0.1, 0.15) is 37.8 Å². The highest BCUT2D eigenvalue weighted by atomic mass is 79.9. The van der Waals surface area contributed by atoms with Gasteiger partial charge in [-0.1, -0.05) is 48.9 Å². The van der Waals surface area contributed by atoms with Gasteiger partial charge in [-0.15, -0.1) is 0 Å². The molecule has 2 N–H and O–H groups in total. The van der Waals surface area contributed by atoms with Gasteiger partial charge in [0.1, 0.15) is 0 Å². The van der Waals surface area contributed by atoms with Crippen LogP contribution in [-0.4, -0.2) is 28.8 Å². The number of hydrogen-bond donors (Lipinski definition) is 1. The minimum absolute atomic E-state index is 0.0538. The van der Waals surface area contributed by atoms with Gasteiger partial charge in [0.25, 0.3) is 0 Å². The number of nitrogens with two attached hydrogens (primary N) is 1. The lowest BCUT2D eigenvalue weighted by Crippen LogP contribution is -2.49. The first-order valence-electron chi connectivity index (χ1n) is 10.0. The van der Waals surface area contributed by atoms with E-state index < -0.39 is 34.7 Å². The number of primary amides is 1. The number of nitrogens with zero attached hydrogens (tertiary/aromatic N) is 3. The Morgan fingerprint density at radius 3 is 2.48 bits per heavy atom. The summed E-state index contributed by atoms with van der Waals surface area (Å²) in [6.45, 7) is 5.56. The number of amides is 1. The molecule has 1 aromatic heterocycles. The van der Waals surface area contributed by atoms with Gasteiger partial charge in [0.15, 0.2) is 11.2 Å². The first-order valence-corrected chi connectivity index (χ1v) is 10.8. The molecular formula is C24H23BrN4O2. The number of pyridine rings is 1. The summed E-state index contributed by atoms with van der Waals surface area (Å²) >= 11 is 3.49. The number of ketones is 1. The van der Waals surface area contributed by atoms with Crippen molar-refractivity contribution < 1.29 is 9.59 Å². The van der Waals surface area contributed by atoms with Crippen LogP contribution in [0.4, 0.5) is 5.69 Å². The van der Waals surface area contributed by atoms with E-state index >= 15 is 0 Å². The van der Waals surface area contributed by atoms with E-state index in [0.29, 0.717) is 5.56 Å². The topological polar surface area (TPSA) is 100 Å². The van der Waals surface area contributed by atoms with Gasteiger partial charge in [-0.2, -0.15) is 5.26 Å². The monoisotopic (exact) mass is 478 g/mol. The van der Waals surface area contributed by atoms with Crippen molar-refractivity contribution in [3.63, 3.8) is 0 Å². The van der Waals surface area contributed by atoms with E-state index in [0.717, 1.165) is 15.7 Å². The quantitative estimate of drug-likeness (QED) is 0.722. The van der Waals surface area contributed by atoms with Crippen molar-refractivity contribution in [1.82, 2.24) is 4.98 Å². The lowest BCUT2D eigenvalue weighted by molar-refractivity contribution is -0.128. The summed E-state index contributed by atoms with van der Waals surface area (Å²) in [4.78, 5) is 32.8. The zero-order valence-electron chi connectivity index (χ0n) is 17.5. The second-order valence-electron chi connectivity index (χ2n) is 9.08. The van der Waals surface area contributed by atoms with Crippen LogP contribution >= 0.6 is 15.9 Å². The molecule has 7 heteroatoms. The van der Waals surface area contributed by atoms with Crippen molar-refractivity contribution in [2.75, 3.05) is 4.90 Å². The summed E-state index contributed by atoms with van der Waals surface area (Å²) in [7, 11) is 0. The Kier molecular flexibility index (Phi) is 5.01. The lowest BCUT2D eigenvalue weighted by Gasteiger charge is -2.37. The minimum Gasteiger partial charge on any atom is -0.368 e. The van der Waals surface area contributed by atoms with E-state index in [9.17, 15) is 14.9 Å². The number of carbonyl (C=O) groups excluding carboxylic acids is 2. The van der Waals surface area contributed by atoms with E-state index in [2.05, 4.69) is 27.0 Å². The van der Waals surface area contributed by atoms with E-state index in [4.69, 9.17) is 5.73 Å². The lowest BCUT2D eigenvalue weighted by atomic mass is 9.66. The first-order chi connectivity index (χ1) is 14.6. The summed E-state index contributed by atoms with van der Waals surface area (Å²) in [5.74, 6) is -1.53. The summed E-state index contributed by atoms with van der Waals surface area (Å²) in [5.41, 5.74) is 6.03. The number of hydrogen-bond acceptors (Lipinski definition) is 5. The zero-order valence-corrected chi connectivity index (χ0v) is 19.1. The Hall–Kier alpha value is -2.98. The molecule has 31 heavy (non-hydrogen) atoms. The predicted molar refractivity (Wildman–Crippen MR) is 122 cm³/mol. The van der Waals surface area contributed by atoms with Crippen molar-refractivity contribution in [1.29, 1.82) is 5.26 Å². The largest absolute Gasteiger partial charge is 0.368 e. The van der Waals surface area contributed by atoms with Crippen molar-refractivity contribution in [3.8, 4) is 6.07 Å². The van der Waals surface area contributed by atoms with Crippen molar-refractivity contribution >= 4 is 39.4 Å². The third-order valence-electron chi connectivity index (χ3n) is 6.26. The Labute approximate surface area is 189 Å². The van der Waals surface area contributed by atoms with Gasteiger partial charge < -0.3 is 10.6 Å². The molecule has 0 saturated carbocycles. The number of benzene rings is 1. The molecule has 1 amide bonds. The van der Waals surface area contributed by atoms with Gasteiger partial charge in [0.2, 0.25) is 5.91 Å². The molecule has 4 rings (SSSR count). The Bertz CT molecular complexity index is 1130. The highest BCUT2D eigenvalue weighted by Gasteiger charge is 2.66. The van der Waals surface area contributed by atoms with E-state index in [1.54, 1.807) is 24.5 Å². The number of rotatable bonds is 3. The maximum absolute atomic E-state index is 13.9. The number of halogens is 1. The highest BCUT2D eigenvalue weighted by Crippen LogP contribution is 2.56. The molecule has 0 spiro atoms. The number of Topliss-reactive ketones (excluding diaryl/α,β-unsaturated/α-hetero) is 1. The predicted octanol–water partition coefficient (Wildman–Crippen LogP) is 3.82. The maximum Gasteiger partial charge on any atom is 0.241 e. The first kappa shape index (κ1) is 21.3. The molecular weight excluding hydrogens is 456 g/mol. The standard InChI is InChI=1S/C24H23BrN4O2/c1-23(2,3)21(30)20-19(14-8-10-28-11-9-14)24(13-26,22(27)31)18-7-4-15-12-16(25)5-6-17(15)29(18)20/h4-12,18-20H,1-3H3,(H2,27,31). The molecule has 1 aromatic carbocycles. The molecule has 4 unspecified atom stereocenters. The SMILES string of the molecule is CC(C)(C)C(=O)C1C(c2ccncc2)C(C#N)(C(N)=O)C2C=Cc3cc(Br)ccc3N12. The normalized spacial score (nSPS) is 26.7. The average molecular weight is 479 g/mol. The van der Waals surface area contributed by atoms with Gasteiger partial charge in [-0.3, -0.25) is 14.6 Å². The molecule has 158 valence electrons. The Balaban J connectivity index is 2.06. The number of anilines is 1. The Morgan fingerprint density at radius 1 is 1.23 bits per heavy atom. The van der Waals surface area contributed by atoms with Crippen LogP contribution in [0, 0.1) is 22.2 Å². The molecule has 2 aliphatic heterocycles. The van der Waals surface area contributed by atoms with Crippen LogP contribution < -0.4 is 10.6 Å². The van der Waals surface area contributed by atoms with Crippen LogP contribution in [0.3, 0.4) is 0 Å². The number of aromatic nitrogens is 1. The van der Waals surface area contributed by atoms with Crippen molar-refractivity contribution in [3.05, 3.63) is 64.4 Å². The second kappa shape index (κ2) is 7.31. The summed E-state index contributed by atoms with van der Waals surface area (Å²) in [6, 6.07) is 10.1. The molecule has 0 radical (unpaired) electrons. The summed E-state index contributed by atoms with van der Waals surface area (Å²) in [5, 5.41) is 10.4. The molecule has 1 fully saturated rings. The molecule has 0 aliphatic carbocycles. The molecule has 2 aromatic rings. The summed E-state index contributed by atoms with van der Waals surface area (Å²) < 4.78 is 0.902. The van der Waals surface area contributed by atoms with Crippen LogP contribution in [-0.2, 0) is 9.59 Å². The zero-order chi connectivity index (χ0) is 22.6. The molecule has 1 saturated heterocycles. The van der Waals surface area contributed by atoms with Crippen molar-refractivity contribution in [2.45, 2.75) is 38.8 Å². The van der Waals surface area contributed by atoms with Gasteiger partial charge in [-0.25, -0.2) is 0 Å². The minimum atomic E-state index is -1.62. The van der Waals surface area contributed by atoms with Gasteiger partial charge >= 0.3 is 0 Å². The molecule has 0 bridgehead atoms. The molecule has 4 atom stereocenters. The molecule has 6 nitrogen and oxygen atoms in total. The molecule has 3 heterocycles. The smallest absolute Gasteiger partial charge is 0.241 e. The van der Waals surface area contributed by atoms with E-state index in [-0.39, 0.29) is 5.78 Å². The third kappa shape index (κ3) is 3.09. The maximum atomic E-state index is 13.9. The van der Waals surface area contributed by atoms with Crippen LogP contribution in [0.5, 0.6) is 0 Å². The number of carbonyl (C=O) groups is 2. The third-order valence-corrected chi connectivity index (χ3v) is 6.76. The fourth-order valence-corrected chi connectivity index (χ4v) is 5.22. The van der Waals surface area contributed by atoms with E-state index in [1.165, 1.54) is 0 Å². The van der Waals surface area contributed by atoms with Gasteiger partial charge in [-0.05, 0) is 41.5 Å². The number of nitriles is 1. The molecule has 2 aliphatic rings. The Morgan fingerprint density at radius 2 is 1.90 bits per heavy atom. The van der Waals surface area contributed by atoms with Gasteiger partial charge in [0.05, 0.1) is 18.2 Å². The van der Waals surface area contributed by atoms with Crippen LogP contribution in [0.25, 0.3) is 6.08 Å². The fraction of sp³-hybridized carbons (Fsp3) is 0.333.